The maximum absolute atomic E-state index is 12.0. The van der Waals surface area contributed by atoms with Gasteiger partial charge in [0.25, 0.3) is 0 Å². The third kappa shape index (κ3) is 4.03. The SMILES string of the molecule is Cl.N[C@@H]1CCC[C@H]1CC(=O)NCCN1C(=O)Cc2ccccc21. The van der Waals surface area contributed by atoms with Gasteiger partial charge in [-0.1, -0.05) is 24.6 Å². The first kappa shape index (κ1) is 17.8. The molecule has 3 rings (SSSR count). The lowest BCUT2D eigenvalue weighted by atomic mass is 10.00. The molecule has 0 spiro atoms. The third-order valence-electron chi connectivity index (χ3n) is 4.75. The summed E-state index contributed by atoms with van der Waals surface area (Å²) in [5, 5.41) is 2.92. The lowest BCUT2D eigenvalue weighted by Crippen LogP contribution is -2.38. The molecule has 2 aliphatic rings. The number of nitrogens with two attached hydrogens (primary N) is 1. The molecular weight excluding hydrogens is 314 g/mol. The van der Waals surface area contributed by atoms with Gasteiger partial charge in [-0.2, -0.15) is 0 Å². The molecule has 2 atom stereocenters. The third-order valence-corrected chi connectivity index (χ3v) is 4.75. The van der Waals surface area contributed by atoms with Gasteiger partial charge in [-0.25, -0.2) is 0 Å². The number of carbonyl (C=O) groups is 2. The Labute approximate surface area is 143 Å². The number of anilines is 1. The van der Waals surface area contributed by atoms with Gasteiger partial charge in [-0.05, 0) is 30.4 Å². The summed E-state index contributed by atoms with van der Waals surface area (Å²) in [4.78, 5) is 25.8. The zero-order valence-corrected chi connectivity index (χ0v) is 14.0. The summed E-state index contributed by atoms with van der Waals surface area (Å²) in [5.41, 5.74) is 8.03. The highest BCUT2D eigenvalue weighted by Gasteiger charge is 2.27. The summed E-state index contributed by atoms with van der Waals surface area (Å²) in [6.07, 6.45) is 4.16. The zero-order chi connectivity index (χ0) is 15.5. The minimum absolute atomic E-state index is 0. The van der Waals surface area contributed by atoms with Crippen molar-refractivity contribution in [2.24, 2.45) is 11.7 Å². The number of hydrogen-bond acceptors (Lipinski definition) is 3. The largest absolute Gasteiger partial charge is 0.354 e. The number of nitrogens with zero attached hydrogens (tertiary/aromatic N) is 1. The Morgan fingerprint density at radius 2 is 2.09 bits per heavy atom. The van der Waals surface area contributed by atoms with Gasteiger partial charge < -0.3 is 16.0 Å². The number of benzene rings is 1. The van der Waals surface area contributed by atoms with Crippen LogP contribution in [0.2, 0.25) is 0 Å². The molecule has 1 aliphatic carbocycles. The first-order chi connectivity index (χ1) is 10.6. The van der Waals surface area contributed by atoms with Crippen LogP contribution in [0.15, 0.2) is 24.3 Å². The number of amides is 2. The van der Waals surface area contributed by atoms with E-state index in [0.717, 1.165) is 30.5 Å². The summed E-state index contributed by atoms with van der Waals surface area (Å²) in [5.74, 6) is 0.463. The molecule has 1 heterocycles. The normalized spacial score (nSPS) is 22.7. The maximum Gasteiger partial charge on any atom is 0.231 e. The molecule has 1 aliphatic heterocycles. The van der Waals surface area contributed by atoms with Crippen molar-refractivity contribution in [2.45, 2.75) is 38.1 Å². The van der Waals surface area contributed by atoms with Gasteiger partial charge in [0.1, 0.15) is 0 Å². The van der Waals surface area contributed by atoms with Crippen LogP contribution in [-0.2, 0) is 16.0 Å². The Kier molecular flexibility index (Phi) is 6.02. The number of carbonyl (C=O) groups excluding carboxylic acids is 2. The Morgan fingerprint density at radius 1 is 1.30 bits per heavy atom. The van der Waals surface area contributed by atoms with E-state index in [0.29, 0.717) is 31.8 Å². The van der Waals surface area contributed by atoms with Crippen molar-refractivity contribution < 1.29 is 9.59 Å². The number of nitrogens with one attached hydrogen (secondary N) is 1. The highest BCUT2D eigenvalue weighted by Crippen LogP contribution is 2.28. The van der Waals surface area contributed by atoms with Crippen molar-refractivity contribution in [1.29, 1.82) is 0 Å². The topological polar surface area (TPSA) is 75.4 Å². The predicted molar refractivity (Wildman–Crippen MR) is 92.7 cm³/mol. The second-order valence-corrected chi connectivity index (χ2v) is 6.26. The monoisotopic (exact) mass is 337 g/mol. The second-order valence-electron chi connectivity index (χ2n) is 6.26. The van der Waals surface area contributed by atoms with E-state index >= 15 is 0 Å². The van der Waals surface area contributed by atoms with E-state index < -0.39 is 0 Å². The number of halogens is 1. The smallest absolute Gasteiger partial charge is 0.231 e. The zero-order valence-electron chi connectivity index (χ0n) is 13.2. The van der Waals surface area contributed by atoms with Crippen LogP contribution >= 0.6 is 12.4 Å². The van der Waals surface area contributed by atoms with Gasteiger partial charge in [0, 0.05) is 31.2 Å². The minimum atomic E-state index is 0. The Morgan fingerprint density at radius 3 is 2.83 bits per heavy atom. The van der Waals surface area contributed by atoms with Gasteiger partial charge in [0.15, 0.2) is 0 Å². The van der Waals surface area contributed by atoms with E-state index in [1.807, 2.05) is 24.3 Å². The molecule has 0 aromatic heterocycles. The molecule has 0 saturated heterocycles. The number of rotatable bonds is 5. The van der Waals surface area contributed by atoms with Crippen LogP contribution in [0.4, 0.5) is 5.69 Å². The van der Waals surface area contributed by atoms with E-state index in [1.54, 1.807) is 4.90 Å². The first-order valence-corrected chi connectivity index (χ1v) is 8.05. The van der Waals surface area contributed by atoms with E-state index in [2.05, 4.69) is 5.32 Å². The van der Waals surface area contributed by atoms with Gasteiger partial charge in [0.2, 0.25) is 11.8 Å². The summed E-state index contributed by atoms with van der Waals surface area (Å²) in [7, 11) is 0. The summed E-state index contributed by atoms with van der Waals surface area (Å²) < 4.78 is 0. The van der Waals surface area contributed by atoms with Crippen molar-refractivity contribution in [3.8, 4) is 0 Å². The van der Waals surface area contributed by atoms with Crippen molar-refractivity contribution in [2.75, 3.05) is 18.0 Å². The molecule has 126 valence electrons. The van der Waals surface area contributed by atoms with Gasteiger partial charge >= 0.3 is 0 Å². The lowest BCUT2D eigenvalue weighted by Gasteiger charge is -2.19. The van der Waals surface area contributed by atoms with Gasteiger partial charge in [-0.15, -0.1) is 12.4 Å². The van der Waals surface area contributed by atoms with Crippen molar-refractivity contribution >= 4 is 29.9 Å². The van der Waals surface area contributed by atoms with Crippen molar-refractivity contribution in [3.05, 3.63) is 29.8 Å². The second kappa shape index (κ2) is 7.79. The molecule has 0 bridgehead atoms. The van der Waals surface area contributed by atoms with Crippen LogP contribution in [0.3, 0.4) is 0 Å². The first-order valence-electron chi connectivity index (χ1n) is 8.05. The molecule has 23 heavy (non-hydrogen) atoms. The average Bonchev–Trinajstić information content (AvgIpc) is 3.03. The molecule has 0 radical (unpaired) electrons. The lowest BCUT2D eigenvalue weighted by molar-refractivity contribution is -0.122. The fraction of sp³-hybridized carbons (Fsp3) is 0.529. The molecule has 0 unspecified atom stereocenters. The minimum Gasteiger partial charge on any atom is -0.354 e. The van der Waals surface area contributed by atoms with Crippen LogP contribution in [0, 0.1) is 5.92 Å². The van der Waals surface area contributed by atoms with Crippen LogP contribution in [0.25, 0.3) is 0 Å². The molecule has 1 saturated carbocycles. The van der Waals surface area contributed by atoms with Crippen molar-refractivity contribution in [3.63, 3.8) is 0 Å². The molecule has 1 fully saturated rings. The Bertz CT molecular complexity index is 579. The average molecular weight is 338 g/mol. The molecule has 1 aromatic rings. The Hall–Kier alpha value is -1.59. The number of hydrogen-bond donors (Lipinski definition) is 2. The molecule has 5 nitrogen and oxygen atoms in total. The maximum atomic E-state index is 12.0. The van der Waals surface area contributed by atoms with Crippen LogP contribution in [0.1, 0.15) is 31.2 Å². The number of fused-ring (bicyclic) bond motifs is 1. The van der Waals surface area contributed by atoms with Crippen molar-refractivity contribution in [1.82, 2.24) is 5.32 Å². The molecule has 6 heteroatoms. The van der Waals surface area contributed by atoms with Gasteiger partial charge in [-0.3, -0.25) is 9.59 Å². The van der Waals surface area contributed by atoms with Gasteiger partial charge in [0.05, 0.1) is 6.42 Å². The molecule has 2 amide bonds. The molecule has 3 N–H and O–H groups in total. The number of para-hydroxylation sites is 1. The van der Waals surface area contributed by atoms with E-state index in [4.69, 9.17) is 5.73 Å². The fourth-order valence-electron chi connectivity index (χ4n) is 3.50. The molecule has 1 aromatic carbocycles. The van der Waals surface area contributed by atoms with Crippen LogP contribution in [-0.4, -0.2) is 30.9 Å². The summed E-state index contributed by atoms with van der Waals surface area (Å²) in [6.45, 7) is 1.01. The quantitative estimate of drug-likeness (QED) is 0.857. The highest BCUT2D eigenvalue weighted by atomic mass is 35.5. The summed E-state index contributed by atoms with van der Waals surface area (Å²) in [6, 6.07) is 7.98. The fourth-order valence-corrected chi connectivity index (χ4v) is 3.50. The highest BCUT2D eigenvalue weighted by molar-refractivity contribution is 6.01. The van der Waals surface area contributed by atoms with E-state index in [9.17, 15) is 9.59 Å². The van der Waals surface area contributed by atoms with E-state index in [-0.39, 0.29) is 30.3 Å². The van der Waals surface area contributed by atoms with E-state index in [1.165, 1.54) is 0 Å². The predicted octanol–water partition coefficient (Wildman–Crippen LogP) is 1.63. The van der Waals surface area contributed by atoms with Crippen LogP contribution in [0.5, 0.6) is 0 Å². The standard InChI is InChI=1S/C17H23N3O2.ClH/c18-14-6-3-5-12(14)10-16(21)19-8-9-20-15-7-2-1-4-13(15)11-17(20)22;/h1-2,4,7,12,14H,3,5-6,8-11,18H2,(H,19,21);1H/t12-,14+;/m0./s1. The molecular formula is C17H24ClN3O2. The summed E-state index contributed by atoms with van der Waals surface area (Å²) >= 11 is 0. The van der Waals surface area contributed by atoms with Crippen LogP contribution < -0.4 is 16.0 Å². The Balaban J connectivity index is 0.00000192.